The molecule has 1 rings (SSSR count). The van der Waals surface area contributed by atoms with Crippen molar-refractivity contribution in [2.75, 3.05) is 13.2 Å². The molecule has 0 fully saturated rings. The van der Waals surface area contributed by atoms with Gasteiger partial charge in [-0.15, -0.1) is 12.4 Å². The van der Waals surface area contributed by atoms with Crippen molar-refractivity contribution in [3.63, 3.8) is 0 Å². The number of hydrogen-bond donors (Lipinski definition) is 1. The highest BCUT2D eigenvalue weighted by atomic mass is 35.5. The molecule has 2 N–H and O–H groups in total. The first kappa shape index (κ1) is 15.3. The minimum Gasteiger partial charge on any atom is -0.494 e. The van der Waals surface area contributed by atoms with Crippen molar-refractivity contribution in [3.05, 3.63) is 29.8 Å². The Kier molecular flexibility index (Phi) is 6.46. The Morgan fingerprint density at radius 3 is 2.12 bits per heavy atom. The maximum absolute atomic E-state index is 5.53. The highest BCUT2D eigenvalue weighted by Crippen LogP contribution is 2.24. The van der Waals surface area contributed by atoms with Crippen molar-refractivity contribution >= 4 is 12.4 Å². The molecule has 0 saturated heterocycles. The van der Waals surface area contributed by atoms with Crippen LogP contribution < -0.4 is 10.5 Å². The summed E-state index contributed by atoms with van der Waals surface area (Å²) in [6.45, 7) is 8.00. The fourth-order valence-corrected chi connectivity index (χ4v) is 1.32. The smallest absolute Gasteiger partial charge is 0.119 e. The van der Waals surface area contributed by atoms with Crippen LogP contribution in [-0.2, 0) is 5.41 Å². The summed E-state index contributed by atoms with van der Waals surface area (Å²) in [7, 11) is 0. The summed E-state index contributed by atoms with van der Waals surface area (Å²) in [5, 5.41) is 0. The molecule has 0 saturated carbocycles. The third kappa shape index (κ3) is 4.86. The largest absolute Gasteiger partial charge is 0.494 e. The second-order valence-corrected chi connectivity index (χ2v) is 4.77. The molecule has 0 aliphatic carbocycles. The minimum absolute atomic E-state index is 0. The number of rotatable bonds is 4. The monoisotopic (exact) mass is 243 g/mol. The summed E-state index contributed by atoms with van der Waals surface area (Å²) in [6, 6.07) is 8.30. The molecule has 0 bridgehead atoms. The topological polar surface area (TPSA) is 35.2 Å². The van der Waals surface area contributed by atoms with E-state index in [9.17, 15) is 0 Å². The third-order valence-corrected chi connectivity index (χ3v) is 2.34. The van der Waals surface area contributed by atoms with E-state index in [1.807, 2.05) is 12.1 Å². The summed E-state index contributed by atoms with van der Waals surface area (Å²) >= 11 is 0. The Bertz CT molecular complexity index is 290. The number of halogens is 1. The molecular formula is C13H22ClNO. The fourth-order valence-electron chi connectivity index (χ4n) is 1.32. The molecule has 2 nitrogen and oxygen atoms in total. The second-order valence-electron chi connectivity index (χ2n) is 4.77. The molecule has 0 unspecified atom stereocenters. The highest BCUT2D eigenvalue weighted by Gasteiger charge is 2.12. The van der Waals surface area contributed by atoms with Gasteiger partial charge in [0.25, 0.3) is 0 Å². The Morgan fingerprint density at radius 1 is 1.12 bits per heavy atom. The molecule has 0 spiro atoms. The Balaban J connectivity index is 0.00000225. The molecule has 0 aliphatic rings. The second kappa shape index (κ2) is 6.77. The van der Waals surface area contributed by atoms with Crippen molar-refractivity contribution in [2.24, 2.45) is 5.73 Å². The van der Waals surface area contributed by atoms with Crippen LogP contribution in [0.2, 0.25) is 0 Å². The van der Waals surface area contributed by atoms with Gasteiger partial charge in [0, 0.05) is 0 Å². The zero-order chi connectivity index (χ0) is 11.3. The van der Waals surface area contributed by atoms with Crippen molar-refractivity contribution in [3.8, 4) is 5.75 Å². The molecule has 0 atom stereocenters. The molecule has 3 heteroatoms. The normalized spacial score (nSPS) is 10.8. The number of benzene rings is 1. The van der Waals surface area contributed by atoms with E-state index in [2.05, 4.69) is 32.9 Å². The van der Waals surface area contributed by atoms with Crippen LogP contribution in [0.15, 0.2) is 24.3 Å². The van der Waals surface area contributed by atoms with Gasteiger partial charge in [0.1, 0.15) is 5.75 Å². The average Bonchev–Trinajstić information content (AvgIpc) is 2.18. The summed E-state index contributed by atoms with van der Waals surface area (Å²) < 4.78 is 5.53. The van der Waals surface area contributed by atoms with Gasteiger partial charge in [-0.05, 0) is 36.1 Å². The zero-order valence-corrected chi connectivity index (χ0v) is 11.1. The van der Waals surface area contributed by atoms with Crippen molar-refractivity contribution < 1.29 is 4.74 Å². The lowest BCUT2D eigenvalue weighted by Gasteiger charge is -2.19. The lowest BCUT2D eigenvalue weighted by molar-refractivity contribution is 0.313. The van der Waals surface area contributed by atoms with Crippen LogP contribution in [0, 0.1) is 0 Å². The van der Waals surface area contributed by atoms with E-state index >= 15 is 0 Å². The van der Waals surface area contributed by atoms with Crippen LogP contribution >= 0.6 is 12.4 Å². The maximum Gasteiger partial charge on any atom is 0.119 e. The van der Waals surface area contributed by atoms with E-state index in [4.69, 9.17) is 10.5 Å². The van der Waals surface area contributed by atoms with E-state index in [0.717, 1.165) is 12.2 Å². The number of ether oxygens (including phenoxy) is 1. The van der Waals surface area contributed by atoms with Crippen molar-refractivity contribution in [1.82, 2.24) is 0 Å². The van der Waals surface area contributed by atoms with Crippen LogP contribution in [0.1, 0.15) is 32.8 Å². The SMILES string of the molecule is CC(C)(C)c1ccc(OCCCN)cc1.Cl. The van der Waals surface area contributed by atoms with Gasteiger partial charge < -0.3 is 10.5 Å². The first-order valence-corrected chi connectivity index (χ1v) is 5.47. The van der Waals surface area contributed by atoms with Crippen LogP contribution in [0.5, 0.6) is 5.75 Å². The standard InChI is InChI=1S/C13H21NO.ClH/c1-13(2,3)11-5-7-12(8-6-11)15-10-4-9-14;/h5-8H,4,9-10,14H2,1-3H3;1H. The van der Waals surface area contributed by atoms with Gasteiger partial charge >= 0.3 is 0 Å². The quantitative estimate of drug-likeness (QED) is 0.825. The molecule has 1 aromatic rings. The van der Waals surface area contributed by atoms with Gasteiger partial charge in [-0.3, -0.25) is 0 Å². The number of nitrogens with two attached hydrogens (primary N) is 1. The molecule has 1 aromatic carbocycles. The summed E-state index contributed by atoms with van der Waals surface area (Å²) in [5.74, 6) is 0.927. The first-order valence-electron chi connectivity index (χ1n) is 5.47. The van der Waals surface area contributed by atoms with Gasteiger partial charge in [0.15, 0.2) is 0 Å². The van der Waals surface area contributed by atoms with Gasteiger partial charge in [0.2, 0.25) is 0 Å². The van der Waals surface area contributed by atoms with Gasteiger partial charge in [-0.25, -0.2) is 0 Å². The van der Waals surface area contributed by atoms with Crippen LogP contribution in [0.25, 0.3) is 0 Å². The first-order chi connectivity index (χ1) is 7.04. The predicted molar refractivity (Wildman–Crippen MR) is 71.6 cm³/mol. The van der Waals surface area contributed by atoms with Gasteiger partial charge in [-0.2, -0.15) is 0 Å². The van der Waals surface area contributed by atoms with Crippen LogP contribution in [0.4, 0.5) is 0 Å². The molecule has 0 aromatic heterocycles. The zero-order valence-electron chi connectivity index (χ0n) is 10.3. The summed E-state index contributed by atoms with van der Waals surface area (Å²) in [4.78, 5) is 0. The van der Waals surface area contributed by atoms with Crippen LogP contribution in [0.3, 0.4) is 0 Å². The molecule has 0 amide bonds. The molecule has 92 valence electrons. The Morgan fingerprint density at radius 2 is 1.69 bits per heavy atom. The van der Waals surface area contributed by atoms with E-state index in [1.165, 1.54) is 5.56 Å². The lowest BCUT2D eigenvalue weighted by atomic mass is 9.87. The predicted octanol–water partition coefficient (Wildman–Crippen LogP) is 3.13. The van der Waals surface area contributed by atoms with Crippen LogP contribution in [-0.4, -0.2) is 13.2 Å². The van der Waals surface area contributed by atoms with E-state index in [1.54, 1.807) is 0 Å². The number of hydrogen-bond acceptors (Lipinski definition) is 2. The summed E-state index contributed by atoms with van der Waals surface area (Å²) in [5.41, 5.74) is 6.93. The molecule has 0 aliphatic heterocycles. The molecule has 16 heavy (non-hydrogen) atoms. The van der Waals surface area contributed by atoms with Crippen molar-refractivity contribution in [2.45, 2.75) is 32.6 Å². The molecule has 0 radical (unpaired) electrons. The van der Waals surface area contributed by atoms with Gasteiger partial charge in [-0.1, -0.05) is 32.9 Å². The third-order valence-electron chi connectivity index (χ3n) is 2.34. The summed E-state index contributed by atoms with van der Waals surface area (Å²) in [6.07, 6.45) is 0.904. The molecular weight excluding hydrogens is 222 g/mol. The average molecular weight is 244 g/mol. The van der Waals surface area contributed by atoms with Crippen molar-refractivity contribution in [1.29, 1.82) is 0 Å². The van der Waals surface area contributed by atoms with E-state index in [0.29, 0.717) is 13.2 Å². The fraction of sp³-hybridized carbons (Fsp3) is 0.538. The maximum atomic E-state index is 5.53. The highest BCUT2D eigenvalue weighted by molar-refractivity contribution is 5.85. The molecule has 0 heterocycles. The van der Waals surface area contributed by atoms with E-state index < -0.39 is 0 Å². The van der Waals surface area contributed by atoms with Gasteiger partial charge in [0.05, 0.1) is 6.61 Å². The lowest BCUT2D eigenvalue weighted by Crippen LogP contribution is -2.11. The van der Waals surface area contributed by atoms with E-state index in [-0.39, 0.29) is 17.8 Å². The Hall–Kier alpha value is -0.730. The minimum atomic E-state index is 0. The Labute approximate surface area is 105 Å².